The third-order valence-corrected chi connectivity index (χ3v) is 3.86. The smallest absolute Gasteiger partial charge is 0.00952 e. The summed E-state index contributed by atoms with van der Waals surface area (Å²) in [6.45, 7) is 8.14. The molecule has 1 saturated carbocycles. The van der Waals surface area contributed by atoms with Crippen molar-refractivity contribution in [3.63, 3.8) is 0 Å². The third-order valence-electron chi connectivity index (χ3n) is 3.86. The quantitative estimate of drug-likeness (QED) is 0.608. The normalized spacial score (nSPS) is 18.4. The topological polar surface area (TPSA) is 12.0 Å². The van der Waals surface area contributed by atoms with E-state index in [4.69, 9.17) is 0 Å². The van der Waals surface area contributed by atoms with Crippen LogP contribution in [0.15, 0.2) is 0 Å². The van der Waals surface area contributed by atoms with Crippen molar-refractivity contribution in [3.8, 4) is 0 Å². The highest BCUT2D eigenvalue weighted by Crippen LogP contribution is 2.34. The highest BCUT2D eigenvalue weighted by molar-refractivity contribution is 4.80. The summed E-state index contributed by atoms with van der Waals surface area (Å²) in [5.41, 5.74) is 0. The average molecular weight is 211 g/mol. The van der Waals surface area contributed by atoms with Crippen LogP contribution in [0.1, 0.15) is 65.7 Å². The fourth-order valence-electron chi connectivity index (χ4n) is 2.51. The third kappa shape index (κ3) is 5.01. The molecule has 15 heavy (non-hydrogen) atoms. The minimum atomic E-state index is 0.792. The Bertz CT molecular complexity index is 147. The fourth-order valence-corrected chi connectivity index (χ4v) is 2.51. The molecule has 0 aromatic carbocycles. The lowest BCUT2D eigenvalue weighted by molar-refractivity contribution is 0.308. The van der Waals surface area contributed by atoms with Gasteiger partial charge in [0.05, 0.1) is 0 Å². The van der Waals surface area contributed by atoms with Crippen molar-refractivity contribution in [2.24, 2.45) is 11.8 Å². The van der Waals surface area contributed by atoms with Gasteiger partial charge in [-0.25, -0.2) is 0 Å². The van der Waals surface area contributed by atoms with E-state index in [1.54, 1.807) is 0 Å². The maximum atomic E-state index is 3.75. The Kier molecular flexibility index (Phi) is 6.31. The Balaban J connectivity index is 2.27. The molecular weight excluding hydrogens is 182 g/mol. The van der Waals surface area contributed by atoms with Gasteiger partial charge < -0.3 is 5.32 Å². The predicted molar refractivity (Wildman–Crippen MR) is 68.1 cm³/mol. The van der Waals surface area contributed by atoms with Crippen LogP contribution in [0.3, 0.4) is 0 Å². The molecule has 0 saturated heterocycles. The van der Waals surface area contributed by atoms with Crippen LogP contribution in [-0.2, 0) is 0 Å². The molecule has 1 nitrogen and oxygen atoms in total. The standard InChI is InChI=1S/C14H29N/c1-4-11-15-14(13(5-2)6-3)10-9-12-7-8-12/h12-15H,4-11H2,1-3H3. The van der Waals surface area contributed by atoms with E-state index in [9.17, 15) is 0 Å². The summed E-state index contributed by atoms with van der Waals surface area (Å²) in [6, 6.07) is 0.792. The molecule has 1 atom stereocenters. The van der Waals surface area contributed by atoms with Crippen LogP contribution in [0, 0.1) is 11.8 Å². The molecule has 1 fully saturated rings. The first kappa shape index (κ1) is 13.0. The van der Waals surface area contributed by atoms with Crippen LogP contribution in [0.25, 0.3) is 0 Å². The van der Waals surface area contributed by atoms with Gasteiger partial charge in [0.25, 0.3) is 0 Å². The van der Waals surface area contributed by atoms with Crippen molar-refractivity contribution in [2.75, 3.05) is 6.54 Å². The summed E-state index contributed by atoms with van der Waals surface area (Å²) in [5.74, 6) is 1.99. The lowest BCUT2D eigenvalue weighted by Gasteiger charge is -2.26. The minimum absolute atomic E-state index is 0.792. The van der Waals surface area contributed by atoms with Gasteiger partial charge in [-0.15, -0.1) is 0 Å². The summed E-state index contributed by atoms with van der Waals surface area (Å²) < 4.78 is 0. The van der Waals surface area contributed by atoms with Gasteiger partial charge in [-0.2, -0.15) is 0 Å². The number of hydrogen-bond acceptors (Lipinski definition) is 1. The van der Waals surface area contributed by atoms with Crippen LogP contribution >= 0.6 is 0 Å². The highest BCUT2D eigenvalue weighted by atomic mass is 14.9. The first-order chi connectivity index (χ1) is 7.31. The van der Waals surface area contributed by atoms with E-state index in [0.717, 1.165) is 17.9 Å². The van der Waals surface area contributed by atoms with E-state index in [1.165, 1.54) is 51.5 Å². The van der Waals surface area contributed by atoms with E-state index in [2.05, 4.69) is 26.1 Å². The Hall–Kier alpha value is -0.0400. The van der Waals surface area contributed by atoms with Crippen molar-refractivity contribution in [2.45, 2.75) is 71.8 Å². The van der Waals surface area contributed by atoms with E-state index in [0.29, 0.717) is 0 Å². The summed E-state index contributed by atoms with van der Waals surface area (Å²) in [4.78, 5) is 0. The number of rotatable bonds is 9. The maximum absolute atomic E-state index is 3.75. The van der Waals surface area contributed by atoms with Crippen molar-refractivity contribution in [3.05, 3.63) is 0 Å². The minimum Gasteiger partial charge on any atom is -0.314 e. The molecular formula is C14H29N. The molecule has 0 aromatic heterocycles. The van der Waals surface area contributed by atoms with Crippen molar-refractivity contribution >= 4 is 0 Å². The molecule has 0 radical (unpaired) electrons. The fraction of sp³-hybridized carbons (Fsp3) is 1.00. The maximum Gasteiger partial charge on any atom is 0.00952 e. The molecule has 0 bridgehead atoms. The first-order valence-corrected chi connectivity index (χ1v) is 7.05. The Morgan fingerprint density at radius 3 is 2.27 bits per heavy atom. The van der Waals surface area contributed by atoms with Crippen LogP contribution in [0.5, 0.6) is 0 Å². The lowest BCUT2D eigenvalue weighted by atomic mass is 9.90. The molecule has 0 spiro atoms. The van der Waals surface area contributed by atoms with Gasteiger partial charge in [-0.3, -0.25) is 0 Å². The van der Waals surface area contributed by atoms with E-state index in [1.807, 2.05) is 0 Å². The second-order valence-electron chi connectivity index (χ2n) is 5.16. The lowest BCUT2D eigenvalue weighted by Crippen LogP contribution is -2.36. The number of hydrogen-bond donors (Lipinski definition) is 1. The zero-order valence-corrected chi connectivity index (χ0v) is 10.9. The van der Waals surface area contributed by atoms with Crippen LogP contribution in [0.4, 0.5) is 0 Å². The van der Waals surface area contributed by atoms with Crippen LogP contribution < -0.4 is 5.32 Å². The van der Waals surface area contributed by atoms with Gasteiger partial charge in [0.1, 0.15) is 0 Å². The van der Waals surface area contributed by atoms with Gasteiger partial charge in [-0.05, 0) is 37.6 Å². The second kappa shape index (κ2) is 7.27. The van der Waals surface area contributed by atoms with E-state index in [-0.39, 0.29) is 0 Å². The van der Waals surface area contributed by atoms with Gasteiger partial charge >= 0.3 is 0 Å². The zero-order valence-electron chi connectivity index (χ0n) is 10.9. The zero-order chi connectivity index (χ0) is 11.1. The Labute approximate surface area is 96.0 Å². The Morgan fingerprint density at radius 2 is 1.80 bits per heavy atom. The summed E-state index contributed by atoms with van der Waals surface area (Å²) in [6.07, 6.45) is 9.83. The molecule has 0 aromatic rings. The van der Waals surface area contributed by atoms with Gasteiger partial charge in [0, 0.05) is 6.04 Å². The molecule has 0 amide bonds. The summed E-state index contributed by atoms with van der Waals surface area (Å²) >= 11 is 0. The van der Waals surface area contributed by atoms with Crippen molar-refractivity contribution in [1.29, 1.82) is 0 Å². The van der Waals surface area contributed by atoms with Gasteiger partial charge in [-0.1, -0.05) is 46.5 Å². The molecule has 1 N–H and O–H groups in total. The molecule has 0 aliphatic heterocycles. The molecule has 1 rings (SSSR count). The molecule has 1 aliphatic rings. The molecule has 0 heterocycles. The van der Waals surface area contributed by atoms with Crippen LogP contribution in [-0.4, -0.2) is 12.6 Å². The Morgan fingerprint density at radius 1 is 1.13 bits per heavy atom. The highest BCUT2D eigenvalue weighted by Gasteiger charge is 2.24. The average Bonchev–Trinajstić information content (AvgIpc) is 3.06. The summed E-state index contributed by atoms with van der Waals surface area (Å²) in [7, 11) is 0. The van der Waals surface area contributed by atoms with Crippen molar-refractivity contribution < 1.29 is 0 Å². The largest absolute Gasteiger partial charge is 0.314 e. The molecule has 1 aliphatic carbocycles. The number of nitrogens with one attached hydrogen (secondary N) is 1. The predicted octanol–water partition coefficient (Wildman–Crippen LogP) is 3.98. The first-order valence-electron chi connectivity index (χ1n) is 7.05. The summed E-state index contributed by atoms with van der Waals surface area (Å²) in [5, 5.41) is 3.75. The SMILES string of the molecule is CCCNC(CCC1CC1)C(CC)CC. The van der Waals surface area contributed by atoms with Crippen molar-refractivity contribution in [1.82, 2.24) is 5.32 Å². The molecule has 1 heteroatoms. The van der Waals surface area contributed by atoms with Gasteiger partial charge in [0.15, 0.2) is 0 Å². The van der Waals surface area contributed by atoms with E-state index < -0.39 is 0 Å². The molecule has 90 valence electrons. The molecule has 1 unspecified atom stereocenters. The van der Waals surface area contributed by atoms with Crippen LogP contribution in [0.2, 0.25) is 0 Å². The van der Waals surface area contributed by atoms with E-state index >= 15 is 0 Å². The second-order valence-corrected chi connectivity index (χ2v) is 5.16. The monoisotopic (exact) mass is 211 g/mol. The van der Waals surface area contributed by atoms with Gasteiger partial charge in [0.2, 0.25) is 0 Å².